The molecule has 1 amide bonds. The highest BCUT2D eigenvalue weighted by Gasteiger charge is 2.62. The molecule has 1 fully saturated rings. The summed E-state index contributed by atoms with van der Waals surface area (Å²) in [6.07, 6.45) is 0.200. The third-order valence-corrected chi connectivity index (χ3v) is 4.64. The molecule has 134 valence electrons. The molecule has 3 N–H and O–H groups in total. The maximum absolute atomic E-state index is 13.7. The molecule has 2 rings (SSSR count). The zero-order valence-electron chi connectivity index (χ0n) is 13.7. The Bertz CT molecular complexity index is 625. The van der Waals surface area contributed by atoms with Crippen LogP contribution in [0.15, 0.2) is 18.2 Å². The van der Waals surface area contributed by atoms with Gasteiger partial charge in [0.1, 0.15) is 5.54 Å². The Labute approximate surface area is 138 Å². The molecule has 1 aromatic rings. The first-order valence-electron chi connectivity index (χ1n) is 7.58. The smallest absolute Gasteiger partial charge is 0.387 e. The number of carbonyl (C=O) groups is 1. The Morgan fingerprint density at radius 2 is 2.12 bits per heavy atom. The van der Waals surface area contributed by atoms with Gasteiger partial charge < -0.3 is 20.5 Å². The molecule has 0 spiro atoms. The van der Waals surface area contributed by atoms with Gasteiger partial charge in [-0.1, -0.05) is 13.8 Å². The molecule has 1 saturated carbocycles. The topological polar surface area (TPSA) is 73.6 Å². The predicted octanol–water partition coefficient (Wildman–Crippen LogP) is 2.90. The van der Waals surface area contributed by atoms with Gasteiger partial charge in [-0.15, -0.1) is 0 Å². The number of anilines is 1. The average molecular weight is 346 g/mol. The highest BCUT2D eigenvalue weighted by Crippen LogP contribution is 2.50. The molecule has 24 heavy (non-hydrogen) atoms. The van der Waals surface area contributed by atoms with Gasteiger partial charge >= 0.3 is 6.61 Å². The van der Waals surface area contributed by atoms with Crippen molar-refractivity contribution in [1.82, 2.24) is 0 Å². The number of amides is 1. The van der Waals surface area contributed by atoms with E-state index < -0.39 is 35.0 Å². The Hall–Kier alpha value is -1.80. The number of alkyl halides is 2. The lowest BCUT2D eigenvalue weighted by molar-refractivity contribution is -0.166. The second kappa shape index (κ2) is 6.60. The summed E-state index contributed by atoms with van der Waals surface area (Å²) >= 11 is 0. The first-order valence-corrected chi connectivity index (χ1v) is 7.58. The van der Waals surface area contributed by atoms with Gasteiger partial charge in [-0.05, 0) is 19.1 Å². The van der Waals surface area contributed by atoms with Gasteiger partial charge in [-0.3, -0.25) is 4.79 Å². The molecule has 1 aliphatic carbocycles. The highest BCUT2D eigenvalue weighted by atomic mass is 19.3. The molecule has 0 bridgehead atoms. The number of nitrogens with two attached hydrogens (primary N) is 1. The Morgan fingerprint density at radius 1 is 1.46 bits per heavy atom. The number of rotatable bonds is 6. The highest BCUT2D eigenvalue weighted by molar-refractivity contribution is 5.99. The normalized spacial score (nSPS) is 25.2. The van der Waals surface area contributed by atoms with E-state index >= 15 is 0 Å². The second-order valence-electron chi connectivity index (χ2n) is 6.32. The van der Waals surface area contributed by atoms with Gasteiger partial charge in [0.05, 0.1) is 6.10 Å². The molecule has 0 radical (unpaired) electrons. The first-order chi connectivity index (χ1) is 11.1. The third-order valence-electron chi connectivity index (χ3n) is 4.64. The number of halogens is 3. The molecule has 0 heterocycles. The first kappa shape index (κ1) is 18.5. The van der Waals surface area contributed by atoms with Crippen LogP contribution in [0.5, 0.6) is 5.75 Å². The van der Waals surface area contributed by atoms with E-state index in [2.05, 4.69) is 10.1 Å². The Morgan fingerprint density at radius 3 is 2.62 bits per heavy atom. The lowest BCUT2D eigenvalue weighted by Gasteiger charge is -2.57. The zero-order valence-corrected chi connectivity index (χ0v) is 13.7. The summed E-state index contributed by atoms with van der Waals surface area (Å²) in [5.41, 5.74) is 4.57. The van der Waals surface area contributed by atoms with Crippen LogP contribution in [0.4, 0.5) is 18.9 Å². The van der Waals surface area contributed by atoms with Crippen LogP contribution in [0.1, 0.15) is 27.2 Å². The van der Waals surface area contributed by atoms with Crippen LogP contribution >= 0.6 is 0 Å². The molecule has 2 atom stereocenters. The van der Waals surface area contributed by atoms with Crippen molar-refractivity contribution in [2.24, 2.45) is 11.1 Å². The minimum Gasteiger partial charge on any atom is -0.432 e. The molecule has 0 aromatic heterocycles. The van der Waals surface area contributed by atoms with Gasteiger partial charge in [0, 0.05) is 30.2 Å². The van der Waals surface area contributed by atoms with E-state index in [0.717, 1.165) is 12.1 Å². The fourth-order valence-electron chi connectivity index (χ4n) is 2.83. The molecule has 2 unspecified atom stereocenters. The molecule has 8 heteroatoms. The van der Waals surface area contributed by atoms with E-state index in [-0.39, 0.29) is 11.8 Å². The zero-order chi connectivity index (χ0) is 18.1. The van der Waals surface area contributed by atoms with Crippen LogP contribution < -0.4 is 15.8 Å². The van der Waals surface area contributed by atoms with Gasteiger partial charge in [0.25, 0.3) is 0 Å². The minimum absolute atomic E-state index is 0.111. The van der Waals surface area contributed by atoms with Crippen molar-refractivity contribution < 1.29 is 27.4 Å². The molecule has 1 aliphatic rings. The summed E-state index contributed by atoms with van der Waals surface area (Å²) in [5.74, 6) is -2.07. The van der Waals surface area contributed by atoms with Crippen LogP contribution in [0.2, 0.25) is 0 Å². The maximum atomic E-state index is 13.7. The summed E-state index contributed by atoms with van der Waals surface area (Å²) in [5, 5.41) is 2.52. The van der Waals surface area contributed by atoms with Gasteiger partial charge in [-0.25, -0.2) is 4.39 Å². The SMILES string of the molecule is CCOC1CC(N)(C(=O)Nc2ccc(OC(F)F)c(F)c2)C1(C)C. The molecule has 0 aliphatic heterocycles. The summed E-state index contributed by atoms with van der Waals surface area (Å²) < 4.78 is 47.5. The van der Waals surface area contributed by atoms with Crippen LogP contribution in [-0.4, -0.2) is 30.8 Å². The van der Waals surface area contributed by atoms with Crippen LogP contribution in [0.25, 0.3) is 0 Å². The lowest BCUT2D eigenvalue weighted by atomic mass is 9.54. The maximum Gasteiger partial charge on any atom is 0.387 e. The minimum atomic E-state index is -3.13. The number of hydrogen-bond acceptors (Lipinski definition) is 4. The summed E-state index contributed by atoms with van der Waals surface area (Å²) in [6.45, 7) is 2.91. The molecule has 1 aromatic carbocycles. The monoisotopic (exact) mass is 346 g/mol. The fourth-order valence-corrected chi connectivity index (χ4v) is 2.83. The largest absolute Gasteiger partial charge is 0.432 e. The van der Waals surface area contributed by atoms with E-state index in [0.29, 0.717) is 13.0 Å². The van der Waals surface area contributed by atoms with Crippen LogP contribution in [0, 0.1) is 11.2 Å². The van der Waals surface area contributed by atoms with Crippen molar-refractivity contribution in [3.8, 4) is 5.75 Å². The van der Waals surface area contributed by atoms with Crippen molar-refractivity contribution in [2.45, 2.75) is 45.4 Å². The van der Waals surface area contributed by atoms with Gasteiger partial charge in [-0.2, -0.15) is 8.78 Å². The Balaban J connectivity index is 2.09. The fraction of sp³-hybridized carbons (Fsp3) is 0.562. The Kier molecular flexibility index (Phi) is 5.10. The summed E-state index contributed by atoms with van der Waals surface area (Å²) in [7, 11) is 0. The second-order valence-corrected chi connectivity index (χ2v) is 6.32. The van der Waals surface area contributed by atoms with E-state index in [1.54, 1.807) is 0 Å². The van der Waals surface area contributed by atoms with Crippen LogP contribution in [0.3, 0.4) is 0 Å². The summed E-state index contributed by atoms with van der Waals surface area (Å²) in [6, 6.07) is 3.20. The average Bonchev–Trinajstić information content (AvgIpc) is 2.49. The van der Waals surface area contributed by atoms with Crippen molar-refractivity contribution in [1.29, 1.82) is 0 Å². The molecule has 5 nitrogen and oxygen atoms in total. The van der Waals surface area contributed by atoms with E-state index in [1.807, 2.05) is 20.8 Å². The standard InChI is InChI=1S/C16H21F3N2O3/c1-4-23-12-8-16(20,15(12,2)3)13(22)21-9-5-6-11(10(17)7-9)24-14(18)19/h5-7,12,14H,4,8,20H2,1-3H3,(H,21,22). The summed E-state index contributed by atoms with van der Waals surface area (Å²) in [4.78, 5) is 12.5. The van der Waals surface area contributed by atoms with E-state index in [9.17, 15) is 18.0 Å². The van der Waals surface area contributed by atoms with Gasteiger partial charge in [0.15, 0.2) is 11.6 Å². The molecular weight excluding hydrogens is 325 g/mol. The third kappa shape index (κ3) is 3.21. The van der Waals surface area contributed by atoms with Gasteiger partial charge in [0.2, 0.25) is 5.91 Å². The van der Waals surface area contributed by atoms with Crippen molar-refractivity contribution in [3.63, 3.8) is 0 Å². The molecular formula is C16H21F3N2O3. The van der Waals surface area contributed by atoms with Crippen molar-refractivity contribution >= 4 is 11.6 Å². The predicted molar refractivity (Wildman–Crippen MR) is 82.4 cm³/mol. The van der Waals surface area contributed by atoms with Crippen LogP contribution in [-0.2, 0) is 9.53 Å². The van der Waals surface area contributed by atoms with Crippen molar-refractivity contribution in [3.05, 3.63) is 24.0 Å². The quantitative estimate of drug-likeness (QED) is 0.831. The van der Waals surface area contributed by atoms with Crippen molar-refractivity contribution in [2.75, 3.05) is 11.9 Å². The van der Waals surface area contributed by atoms with E-state index in [4.69, 9.17) is 10.5 Å². The number of ether oxygens (including phenoxy) is 2. The number of hydrogen-bond donors (Lipinski definition) is 2. The number of carbonyl (C=O) groups excluding carboxylic acids is 1. The number of benzene rings is 1. The lowest BCUT2D eigenvalue weighted by Crippen LogP contribution is -2.74. The van der Waals surface area contributed by atoms with E-state index in [1.165, 1.54) is 6.07 Å². The molecule has 0 saturated heterocycles. The number of nitrogens with one attached hydrogen (secondary N) is 1.